The first-order chi connectivity index (χ1) is 21.4. The summed E-state index contributed by atoms with van der Waals surface area (Å²) in [5.74, 6) is 0. The quantitative estimate of drug-likeness (QED) is 0.198. The van der Waals surface area contributed by atoms with Crippen LogP contribution in [0.4, 0.5) is 0 Å². The topological polar surface area (TPSA) is 27.2 Å². The minimum absolute atomic E-state index is 0.962. The third-order valence-electron chi connectivity index (χ3n) is 9.00. The van der Waals surface area contributed by atoms with E-state index in [0.29, 0.717) is 0 Å². The van der Waals surface area contributed by atoms with Crippen molar-refractivity contribution in [3.8, 4) is 11.4 Å². The summed E-state index contributed by atoms with van der Waals surface area (Å²) in [5, 5.41) is 7.30. The maximum Gasteiger partial charge on any atom is 0.165 e. The van der Waals surface area contributed by atoms with E-state index in [9.17, 15) is 0 Å². The highest BCUT2D eigenvalue weighted by Crippen LogP contribution is 2.39. The lowest BCUT2D eigenvalue weighted by Crippen LogP contribution is -1.97. The SMILES string of the molecule is c1ccc(-n2c3ccccc3c3ccc(-n4c5ccccc5c5c4nc4c6ccccc6c6ccccc6n45)cc32)cc1. The summed E-state index contributed by atoms with van der Waals surface area (Å²) in [6.45, 7) is 0. The molecule has 10 aromatic rings. The molecular formula is C39H24N4. The van der Waals surface area contributed by atoms with Crippen LogP contribution in [0.25, 0.3) is 82.6 Å². The van der Waals surface area contributed by atoms with E-state index >= 15 is 0 Å². The van der Waals surface area contributed by atoms with Gasteiger partial charge in [0, 0.05) is 38.3 Å². The number of fused-ring (bicyclic) bond motifs is 13. The zero-order valence-electron chi connectivity index (χ0n) is 23.1. The molecule has 0 radical (unpaired) electrons. The molecule has 0 atom stereocenters. The standard InChI is InChI=1S/C39H24N4/c1-2-12-25(13-3-1)41-33-19-9-7-16-29(33)30-23-22-26(24-36(30)41)42-35-21-11-8-18-32(35)37-39(42)40-38-31-17-5-4-14-27(31)28-15-6-10-20-34(28)43(37)38/h1-24H. The van der Waals surface area contributed by atoms with Crippen LogP contribution >= 0.6 is 0 Å². The van der Waals surface area contributed by atoms with Gasteiger partial charge in [-0.25, -0.2) is 4.98 Å². The predicted octanol–water partition coefficient (Wildman–Crippen LogP) is 9.83. The van der Waals surface area contributed by atoms with Gasteiger partial charge in [0.05, 0.1) is 22.1 Å². The van der Waals surface area contributed by atoms with Crippen LogP contribution in [0.15, 0.2) is 146 Å². The Balaban J connectivity index is 1.38. The molecule has 0 saturated carbocycles. The normalized spacial score (nSPS) is 12.2. The summed E-state index contributed by atoms with van der Waals surface area (Å²) in [6.07, 6.45) is 0. The number of imidazole rings is 1. The van der Waals surface area contributed by atoms with Crippen LogP contribution in [-0.2, 0) is 0 Å². The second-order valence-electron chi connectivity index (χ2n) is 11.2. The van der Waals surface area contributed by atoms with Crippen LogP contribution in [0, 0.1) is 0 Å². The highest BCUT2D eigenvalue weighted by atomic mass is 15.1. The van der Waals surface area contributed by atoms with E-state index in [1.54, 1.807) is 0 Å². The van der Waals surface area contributed by atoms with Crippen LogP contribution in [0.3, 0.4) is 0 Å². The van der Waals surface area contributed by atoms with Crippen molar-refractivity contribution in [2.75, 3.05) is 0 Å². The molecule has 0 N–H and O–H groups in total. The Morgan fingerprint density at radius 1 is 0.349 bits per heavy atom. The Labute approximate surface area is 246 Å². The Morgan fingerprint density at radius 3 is 1.67 bits per heavy atom. The number of para-hydroxylation sites is 4. The fourth-order valence-electron chi connectivity index (χ4n) is 7.23. The van der Waals surface area contributed by atoms with Gasteiger partial charge in [0.15, 0.2) is 5.65 Å². The number of rotatable bonds is 2. The Morgan fingerprint density at radius 2 is 0.907 bits per heavy atom. The minimum atomic E-state index is 0.962. The minimum Gasteiger partial charge on any atom is -0.309 e. The Hall–Kier alpha value is -5.87. The molecule has 0 unspecified atom stereocenters. The van der Waals surface area contributed by atoms with Crippen molar-refractivity contribution in [2.45, 2.75) is 0 Å². The molecule has 0 aliphatic heterocycles. The second-order valence-corrected chi connectivity index (χ2v) is 11.2. The second kappa shape index (κ2) is 8.34. The molecular weight excluding hydrogens is 524 g/mol. The summed E-state index contributed by atoms with van der Waals surface area (Å²) >= 11 is 0. The Bertz CT molecular complexity index is 2720. The molecule has 0 spiro atoms. The van der Waals surface area contributed by atoms with Crippen LogP contribution < -0.4 is 0 Å². The van der Waals surface area contributed by atoms with Gasteiger partial charge in [-0.05, 0) is 47.9 Å². The van der Waals surface area contributed by atoms with Crippen LogP contribution in [0.1, 0.15) is 0 Å². The van der Waals surface area contributed by atoms with Gasteiger partial charge in [0.1, 0.15) is 11.2 Å². The van der Waals surface area contributed by atoms with Gasteiger partial charge in [-0.2, -0.15) is 0 Å². The molecule has 0 aliphatic rings. The van der Waals surface area contributed by atoms with Crippen LogP contribution in [0.5, 0.6) is 0 Å². The van der Waals surface area contributed by atoms with E-state index in [2.05, 4.69) is 159 Å². The third kappa shape index (κ3) is 2.97. The first-order valence-electron chi connectivity index (χ1n) is 14.7. The van der Waals surface area contributed by atoms with Gasteiger partial charge >= 0.3 is 0 Å². The number of pyridine rings is 1. The van der Waals surface area contributed by atoms with Gasteiger partial charge in [0.2, 0.25) is 0 Å². The van der Waals surface area contributed by atoms with E-state index in [-0.39, 0.29) is 0 Å². The van der Waals surface area contributed by atoms with E-state index in [4.69, 9.17) is 4.98 Å². The molecule has 0 amide bonds. The summed E-state index contributed by atoms with van der Waals surface area (Å²) in [5.41, 5.74) is 10.0. The van der Waals surface area contributed by atoms with Crippen molar-refractivity contribution >= 4 is 71.2 Å². The maximum atomic E-state index is 5.43. The average molecular weight is 549 g/mol. The molecule has 10 rings (SSSR count). The molecule has 0 saturated heterocycles. The van der Waals surface area contributed by atoms with Crippen molar-refractivity contribution in [1.82, 2.24) is 18.5 Å². The van der Waals surface area contributed by atoms with Crippen LogP contribution in [-0.4, -0.2) is 18.5 Å². The summed E-state index contributed by atoms with van der Waals surface area (Å²) in [6, 6.07) is 52.2. The molecule has 4 aromatic heterocycles. The summed E-state index contributed by atoms with van der Waals surface area (Å²) in [4.78, 5) is 5.43. The van der Waals surface area contributed by atoms with Gasteiger partial charge < -0.3 is 4.57 Å². The van der Waals surface area contributed by atoms with Crippen molar-refractivity contribution in [2.24, 2.45) is 0 Å². The van der Waals surface area contributed by atoms with Crippen molar-refractivity contribution in [3.05, 3.63) is 146 Å². The summed E-state index contributed by atoms with van der Waals surface area (Å²) < 4.78 is 7.08. The third-order valence-corrected chi connectivity index (χ3v) is 9.00. The van der Waals surface area contributed by atoms with E-state index in [1.165, 1.54) is 43.5 Å². The highest BCUT2D eigenvalue weighted by molar-refractivity contribution is 6.17. The van der Waals surface area contributed by atoms with E-state index in [1.807, 2.05) is 0 Å². The average Bonchev–Trinajstić information content (AvgIpc) is 3.72. The van der Waals surface area contributed by atoms with Gasteiger partial charge in [-0.1, -0.05) is 103 Å². The van der Waals surface area contributed by atoms with E-state index in [0.717, 1.165) is 39.1 Å². The number of aromatic nitrogens is 4. The molecule has 6 aromatic carbocycles. The number of nitrogens with zero attached hydrogens (tertiary/aromatic N) is 4. The van der Waals surface area contributed by atoms with Gasteiger partial charge in [0.25, 0.3) is 0 Å². The maximum absolute atomic E-state index is 5.43. The lowest BCUT2D eigenvalue weighted by atomic mass is 10.1. The number of hydrogen-bond donors (Lipinski definition) is 0. The predicted molar refractivity (Wildman–Crippen MR) is 179 cm³/mol. The molecule has 4 nitrogen and oxygen atoms in total. The number of hydrogen-bond acceptors (Lipinski definition) is 1. The molecule has 4 heteroatoms. The van der Waals surface area contributed by atoms with E-state index < -0.39 is 0 Å². The largest absolute Gasteiger partial charge is 0.309 e. The fourth-order valence-corrected chi connectivity index (χ4v) is 7.23. The van der Waals surface area contributed by atoms with Crippen molar-refractivity contribution < 1.29 is 0 Å². The first-order valence-corrected chi connectivity index (χ1v) is 14.7. The lowest BCUT2D eigenvalue weighted by molar-refractivity contribution is 1.14. The fraction of sp³-hybridized carbons (Fsp3) is 0. The molecule has 0 aliphatic carbocycles. The zero-order valence-corrected chi connectivity index (χ0v) is 23.1. The van der Waals surface area contributed by atoms with Crippen molar-refractivity contribution in [3.63, 3.8) is 0 Å². The summed E-state index contributed by atoms with van der Waals surface area (Å²) in [7, 11) is 0. The van der Waals surface area contributed by atoms with Gasteiger partial charge in [-0.15, -0.1) is 0 Å². The molecule has 0 fully saturated rings. The smallest absolute Gasteiger partial charge is 0.165 e. The lowest BCUT2D eigenvalue weighted by Gasteiger charge is -2.10. The van der Waals surface area contributed by atoms with Crippen molar-refractivity contribution in [1.29, 1.82) is 0 Å². The monoisotopic (exact) mass is 548 g/mol. The van der Waals surface area contributed by atoms with Gasteiger partial charge in [-0.3, -0.25) is 8.97 Å². The van der Waals surface area contributed by atoms with Crippen LogP contribution in [0.2, 0.25) is 0 Å². The molecule has 4 heterocycles. The molecule has 43 heavy (non-hydrogen) atoms. The molecule has 200 valence electrons. The molecule has 0 bridgehead atoms. The zero-order chi connectivity index (χ0) is 28.1. The number of benzene rings is 6. The highest BCUT2D eigenvalue weighted by Gasteiger charge is 2.22. The Kier molecular flexibility index (Phi) is 4.42. The first kappa shape index (κ1) is 22.8.